The van der Waals surface area contributed by atoms with Crippen molar-refractivity contribution < 1.29 is 0 Å². The maximum absolute atomic E-state index is 6.28. The second-order valence-corrected chi connectivity index (χ2v) is 8.26. The Kier molecular flexibility index (Phi) is 5.36. The highest BCUT2D eigenvalue weighted by atomic mass is 35.5. The van der Waals surface area contributed by atoms with E-state index >= 15 is 0 Å². The van der Waals surface area contributed by atoms with Crippen LogP contribution in [-0.4, -0.2) is 26.1 Å². The molecule has 2 atom stereocenters. The summed E-state index contributed by atoms with van der Waals surface area (Å²) < 4.78 is 2.29. The summed E-state index contributed by atoms with van der Waals surface area (Å²) in [5.41, 5.74) is 7.08. The number of nitrogens with one attached hydrogen (secondary N) is 1. The second-order valence-electron chi connectivity index (χ2n) is 7.44. The number of pyridine rings is 1. The number of likely N-dealkylation sites (N-methyl/N-ethyl adjacent to an activating group) is 1. The predicted molar refractivity (Wildman–Crippen MR) is 123 cm³/mol. The first kappa shape index (κ1) is 19.9. The zero-order chi connectivity index (χ0) is 20.7. The van der Waals surface area contributed by atoms with Crippen molar-refractivity contribution in [3.8, 4) is 5.69 Å². The molecule has 1 aliphatic heterocycles. The first-order valence-corrected chi connectivity index (χ1v) is 10.6. The normalized spacial score (nSPS) is 18.9. The highest BCUT2D eigenvalue weighted by Crippen LogP contribution is 2.43. The maximum Gasteiger partial charge on any atom is 0.170 e. The van der Waals surface area contributed by atoms with E-state index in [1.807, 2.05) is 36.5 Å². The van der Waals surface area contributed by atoms with Crippen molar-refractivity contribution in [1.29, 1.82) is 0 Å². The van der Waals surface area contributed by atoms with E-state index in [0.717, 1.165) is 28.1 Å². The molecule has 0 spiro atoms. The molecule has 0 aliphatic carbocycles. The minimum atomic E-state index is 0.00987. The van der Waals surface area contributed by atoms with E-state index in [2.05, 4.69) is 59.6 Å². The van der Waals surface area contributed by atoms with Gasteiger partial charge in [0.2, 0.25) is 0 Å². The molecule has 3 aromatic rings. The van der Waals surface area contributed by atoms with Crippen molar-refractivity contribution in [3.63, 3.8) is 0 Å². The van der Waals surface area contributed by atoms with Crippen LogP contribution in [0.25, 0.3) is 5.69 Å². The number of thiocarbonyl (C=S) groups is 1. The summed E-state index contributed by atoms with van der Waals surface area (Å²) in [4.78, 5) is 6.89. The Morgan fingerprint density at radius 1 is 1.10 bits per heavy atom. The van der Waals surface area contributed by atoms with Crippen molar-refractivity contribution >= 4 is 28.9 Å². The second kappa shape index (κ2) is 7.81. The van der Waals surface area contributed by atoms with Gasteiger partial charge in [0.1, 0.15) is 0 Å². The molecule has 29 heavy (non-hydrogen) atoms. The Morgan fingerprint density at radius 3 is 2.55 bits per heavy atom. The largest absolute Gasteiger partial charge is 0.352 e. The Bertz CT molecular complexity index is 1060. The smallest absolute Gasteiger partial charge is 0.170 e. The highest BCUT2D eigenvalue weighted by molar-refractivity contribution is 7.80. The molecule has 2 aromatic heterocycles. The van der Waals surface area contributed by atoms with Gasteiger partial charge >= 0.3 is 0 Å². The Labute approximate surface area is 182 Å². The third-order valence-corrected chi connectivity index (χ3v) is 6.50. The third-order valence-electron chi connectivity index (χ3n) is 5.91. The van der Waals surface area contributed by atoms with E-state index < -0.39 is 0 Å². The quantitative estimate of drug-likeness (QED) is 0.565. The van der Waals surface area contributed by atoms with Gasteiger partial charge in [-0.25, -0.2) is 0 Å². The van der Waals surface area contributed by atoms with E-state index in [0.29, 0.717) is 0 Å². The Morgan fingerprint density at radius 2 is 1.90 bits per heavy atom. The summed E-state index contributed by atoms with van der Waals surface area (Å²) in [5, 5.41) is 5.03. The van der Waals surface area contributed by atoms with Crippen LogP contribution < -0.4 is 5.32 Å². The molecule has 1 aliphatic rings. The van der Waals surface area contributed by atoms with Gasteiger partial charge in [0, 0.05) is 40.4 Å². The molecule has 1 aromatic carbocycles. The lowest BCUT2D eigenvalue weighted by Gasteiger charge is -2.27. The molecule has 0 bridgehead atoms. The van der Waals surface area contributed by atoms with Gasteiger partial charge in [-0.3, -0.25) is 4.98 Å². The fraction of sp³-hybridized carbons (Fsp3) is 0.304. The SMILES string of the molecule is CCN1C(=S)NC(c2ccccn2)C1c1c(C)c(C)n(-c2cccc(Cl)c2)c1C. The predicted octanol–water partition coefficient (Wildman–Crippen LogP) is 5.44. The van der Waals surface area contributed by atoms with Gasteiger partial charge in [-0.2, -0.15) is 0 Å². The number of aromatic nitrogens is 2. The van der Waals surface area contributed by atoms with Crippen LogP contribution in [0, 0.1) is 20.8 Å². The van der Waals surface area contributed by atoms with Crippen LogP contribution in [0.4, 0.5) is 0 Å². The molecular formula is C23H25ClN4S. The molecule has 0 amide bonds. The highest BCUT2D eigenvalue weighted by Gasteiger charge is 2.41. The fourth-order valence-electron chi connectivity index (χ4n) is 4.50. The molecule has 1 saturated heterocycles. The third kappa shape index (κ3) is 3.32. The lowest BCUT2D eigenvalue weighted by Crippen LogP contribution is -2.29. The standard InChI is InChI=1S/C23H25ClN4S/c1-5-27-22(21(26-23(27)29)19-11-6-7-12-25-19)20-14(2)15(3)28(16(20)4)18-10-8-9-17(24)13-18/h6-13,21-22H,5H2,1-4H3,(H,26,29). The monoisotopic (exact) mass is 424 g/mol. The Balaban J connectivity index is 1.90. The molecule has 2 unspecified atom stereocenters. The van der Waals surface area contributed by atoms with Gasteiger partial charge in [0.25, 0.3) is 0 Å². The van der Waals surface area contributed by atoms with Crippen molar-refractivity contribution in [2.24, 2.45) is 0 Å². The summed E-state index contributed by atoms with van der Waals surface area (Å²) in [6.07, 6.45) is 1.84. The molecule has 0 saturated carbocycles. The van der Waals surface area contributed by atoms with Crippen LogP contribution in [0.5, 0.6) is 0 Å². The van der Waals surface area contributed by atoms with Gasteiger partial charge in [0.15, 0.2) is 5.11 Å². The van der Waals surface area contributed by atoms with Crippen LogP contribution in [0.1, 0.15) is 47.2 Å². The average Bonchev–Trinajstić information content (AvgIpc) is 3.15. The van der Waals surface area contributed by atoms with Crippen LogP contribution in [0.3, 0.4) is 0 Å². The molecule has 4 nitrogen and oxygen atoms in total. The number of nitrogens with zero attached hydrogens (tertiary/aromatic N) is 3. The number of hydrogen-bond acceptors (Lipinski definition) is 2. The molecule has 150 valence electrons. The molecule has 3 heterocycles. The van der Waals surface area contributed by atoms with Crippen molar-refractivity contribution in [2.75, 3.05) is 6.54 Å². The zero-order valence-corrected chi connectivity index (χ0v) is 18.7. The molecule has 6 heteroatoms. The summed E-state index contributed by atoms with van der Waals surface area (Å²) >= 11 is 12.0. The van der Waals surface area contributed by atoms with E-state index in [-0.39, 0.29) is 12.1 Å². The van der Waals surface area contributed by atoms with Crippen molar-refractivity contribution in [1.82, 2.24) is 19.8 Å². The molecular weight excluding hydrogens is 400 g/mol. The maximum atomic E-state index is 6.28. The van der Waals surface area contributed by atoms with Crippen LogP contribution in [0.15, 0.2) is 48.7 Å². The van der Waals surface area contributed by atoms with Gasteiger partial charge in [-0.1, -0.05) is 23.7 Å². The lowest BCUT2D eigenvalue weighted by molar-refractivity contribution is 0.328. The fourth-order valence-corrected chi connectivity index (χ4v) is 5.06. The molecule has 4 rings (SSSR count). The molecule has 1 fully saturated rings. The summed E-state index contributed by atoms with van der Waals surface area (Å²) in [6.45, 7) is 9.53. The van der Waals surface area contributed by atoms with Crippen LogP contribution in [0.2, 0.25) is 5.02 Å². The Hall–Kier alpha value is -2.37. The van der Waals surface area contributed by atoms with Crippen molar-refractivity contribution in [3.05, 3.63) is 81.9 Å². The van der Waals surface area contributed by atoms with E-state index in [1.54, 1.807) is 0 Å². The summed E-state index contributed by atoms with van der Waals surface area (Å²) in [5.74, 6) is 0. The van der Waals surface area contributed by atoms with E-state index in [9.17, 15) is 0 Å². The minimum Gasteiger partial charge on any atom is -0.352 e. The van der Waals surface area contributed by atoms with Crippen LogP contribution >= 0.6 is 23.8 Å². The molecule has 1 N–H and O–H groups in total. The van der Waals surface area contributed by atoms with Crippen molar-refractivity contribution in [2.45, 2.75) is 39.8 Å². The van der Waals surface area contributed by atoms with E-state index in [4.69, 9.17) is 23.8 Å². The summed E-state index contributed by atoms with van der Waals surface area (Å²) in [7, 11) is 0. The number of rotatable bonds is 4. The van der Waals surface area contributed by atoms with Crippen LogP contribution in [-0.2, 0) is 0 Å². The minimum absolute atomic E-state index is 0.00987. The topological polar surface area (TPSA) is 33.1 Å². The first-order chi connectivity index (χ1) is 13.9. The zero-order valence-electron chi connectivity index (χ0n) is 17.1. The lowest BCUT2D eigenvalue weighted by atomic mass is 9.93. The number of benzene rings is 1. The average molecular weight is 425 g/mol. The molecule has 0 radical (unpaired) electrons. The van der Waals surface area contributed by atoms with Gasteiger partial charge in [-0.05, 0) is 75.8 Å². The van der Waals surface area contributed by atoms with Gasteiger partial charge < -0.3 is 14.8 Å². The van der Waals surface area contributed by atoms with E-state index in [1.165, 1.54) is 22.5 Å². The number of hydrogen-bond donors (Lipinski definition) is 1. The van der Waals surface area contributed by atoms with Gasteiger partial charge in [-0.15, -0.1) is 0 Å². The first-order valence-electron chi connectivity index (χ1n) is 9.86. The summed E-state index contributed by atoms with van der Waals surface area (Å²) in [6, 6.07) is 14.1. The van der Waals surface area contributed by atoms with Gasteiger partial charge in [0.05, 0.1) is 17.8 Å². The number of halogens is 1.